The Kier molecular flexibility index (Phi) is 11.5. The molecule has 3 unspecified atom stereocenters. The van der Waals surface area contributed by atoms with Crippen LogP contribution in [0.5, 0.6) is 0 Å². The highest BCUT2D eigenvalue weighted by atomic mass is 127. The monoisotopic (exact) mass is 494 g/mol. The van der Waals surface area contributed by atoms with Crippen LogP contribution in [0.3, 0.4) is 0 Å². The van der Waals surface area contributed by atoms with Crippen LogP contribution in [0.15, 0.2) is 4.99 Å². The number of hydrogen-bond acceptors (Lipinski definition) is 3. The van der Waals surface area contributed by atoms with Gasteiger partial charge in [0.2, 0.25) is 0 Å². The minimum Gasteiger partial charge on any atom is -0.377 e. The van der Waals surface area contributed by atoms with Gasteiger partial charge in [-0.1, -0.05) is 27.2 Å². The highest BCUT2D eigenvalue weighted by molar-refractivity contribution is 14.0. The molecule has 0 spiro atoms. The molecule has 2 heterocycles. The van der Waals surface area contributed by atoms with Crippen molar-refractivity contribution in [3.63, 3.8) is 0 Å². The summed E-state index contributed by atoms with van der Waals surface area (Å²) in [4.78, 5) is 7.03. The largest absolute Gasteiger partial charge is 0.377 e. The summed E-state index contributed by atoms with van der Waals surface area (Å²) in [6.07, 6.45) is 8.00. The maximum Gasteiger partial charge on any atom is 0.190 e. The second kappa shape index (κ2) is 12.5. The zero-order valence-corrected chi connectivity index (χ0v) is 20.6. The number of likely N-dealkylation sites (tertiary alicyclic amines) is 1. The van der Waals surface area contributed by atoms with Gasteiger partial charge in [0.15, 0.2) is 5.96 Å². The summed E-state index contributed by atoms with van der Waals surface area (Å²) >= 11 is 0. The molecule has 3 atom stereocenters. The maximum atomic E-state index is 6.09. The lowest BCUT2D eigenvalue weighted by Gasteiger charge is -2.40. The molecule has 0 bridgehead atoms. The van der Waals surface area contributed by atoms with E-state index in [0.29, 0.717) is 12.0 Å². The van der Waals surface area contributed by atoms with Crippen molar-refractivity contribution >= 4 is 29.9 Å². The quantitative estimate of drug-likeness (QED) is 0.255. The van der Waals surface area contributed by atoms with E-state index >= 15 is 0 Å². The van der Waals surface area contributed by atoms with Crippen LogP contribution < -0.4 is 10.6 Å². The van der Waals surface area contributed by atoms with Crippen LogP contribution in [-0.2, 0) is 4.74 Å². The number of rotatable bonds is 6. The average molecular weight is 495 g/mol. The van der Waals surface area contributed by atoms with Gasteiger partial charge in [-0.25, -0.2) is 0 Å². The first-order valence-electron chi connectivity index (χ1n) is 10.7. The summed E-state index contributed by atoms with van der Waals surface area (Å²) in [6, 6.07) is 0.752. The zero-order valence-electron chi connectivity index (χ0n) is 18.2. The third kappa shape index (κ3) is 8.44. The van der Waals surface area contributed by atoms with Gasteiger partial charge in [-0.2, -0.15) is 0 Å². The lowest BCUT2D eigenvalue weighted by atomic mass is 9.78. The van der Waals surface area contributed by atoms with Gasteiger partial charge < -0.3 is 20.3 Å². The van der Waals surface area contributed by atoms with Crippen molar-refractivity contribution < 1.29 is 4.74 Å². The maximum absolute atomic E-state index is 6.09. The normalized spacial score (nSPS) is 27.7. The summed E-state index contributed by atoms with van der Waals surface area (Å²) in [7, 11) is 1.86. The van der Waals surface area contributed by atoms with Gasteiger partial charge in [-0.15, -0.1) is 24.0 Å². The Morgan fingerprint density at radius 1 is 1.15 bits per heavy atom. The smallest absolute Gasteiger partial charge is 0.190 e. The summed E-state index contributed by atoms with van der Waals surface area (Å²) in [5.41, 5.74) is 0.189. The number of guanidine groups is 1. The van der Waals surface area contributed by atoms with E-state index < -0.39 is 0 Å². The summed E-state index contributed by atoms with van der Waals surface area (Å²) in [6.45, 7) is 14.5. The van der Waals surface area contributed by atoms with E-state index in [9.17, 15) is 0 Å². The number of halogens is 1. The molecule has 0 amide bonds. The zero-order chi connectivity index (χ0) is 19.0. The molecule has 5 nitrogen and oxygen atoms in total. The highest BCUT2D eigenvalue weighted by Gasteiger charge is 2.35. The third-order valence-electron chi connectivity index (χ3n) is 5.91. The lowest BCUT2D eigenvalue weighted by Crippen LogP contribution is -2.47. The van der Waals surface area contributed by atoms with Crippen LogP contribution in [0.25, 0.3) is 0 Å². The van der Waals surface area contributed by atoms with Gasteiger partial charge in [0.05, 0.1) is 6.10 Å². The molecular formula is C21H43IN4O. The molecule has 2 rings (SSSR count). The highest BCUT2D eigenvalue weighted by Crippen LogP contribution is 2.33. The predicted molar refractivity (Wildman–Crippen MR) is 126 cm³/mol. The first-order chi connectivity index (χ1) is 12.4. The molecule has 0 aromatic heterocycles. The van der Waals surface area contributed by atoms with Crippen molar-refractivity contribution in [2.24, 2.45) is 16.3 Å². The Bertz CT molecular complexity index is 438. The Hall–Kier alpha value is -0.0800. The standard InChI is InChI=1S/C21H42N4O.HI/c1-17-10-6-7-13-25(17)14-9-12-23-20(22-5)24-16-18-11-8-15-26-19(18)21(2,3)4;/h17-19H,6-16H2,1-5H3,(H2,22,23,24);1H. The Balaban J connectivity index is 0.00000364. The predicted octanol–water partition coefficient (Wildman–Crippen LogP) is 3.88. The molecule has 2 fully saturated rings. The van der Waals surface area contributed by atoms with Gasteiger partial charge in [0.25, 0.3) is 0 Å². The Labute approximate surface area is 184 Å². The van der Waals surface area contributed by atoms with E-state index in [1.807, 2.05) is 7.05 Å². The van der Waals surface area contributed by atoms with E-state index in [0.717, 1.165) is 31.7 Å². The first kappa shape index (κ1) is 25.0. The number of piperidine rings is 1. The fraction of sp³-hybridized carbons (Fsp3) is 0.952. The molecule has 2 saturated heterocycles. The van der Waals surface area contributed by atoms with Gasteiger partial charge in [0.1, 0.15) is 0 Å². The molecule has 0 aliphatic carbocycles. The number of nitrogens with one attached hydrogen (secondary N) is 2. The van der Waals surface area contributed by atoms with Gasteiger partial charge >= 0.3 is 0 Å². The molecular weight excluding hydrogens is 451 g/mol. The molecule has 2 aliphatic heterocycles. The van der Waals surface area contributed by atoms with Gasteiger partial charge in [-0.3, -0.25) is 4.99 Å². The van der Waals surface area contributed by atoms with Crippen LogP contribution in [-0.4, -0.2) is 62.8 Å². The number of ether oxygens (including phenoxy) is 1. The summed E-state index contributed by atoms with van der Waals surface area (Å²) < 4.78 is 6.09. The van der Waals surface area contributed by atoms with Crippen molar-refractivity contribution in [1.29, 1.82) is 0 Å². The molecule has 0 aromatic carbocycles. The van der Waals surface area contributed by atoms with Crippen molar-refractivity contribution in [3.05, 3.63) is 0 Å². The van der Waals surface area contributed by atoms with Gasteiger partial charge in [-0.05, 0) is 51.0 Å². The van der Waals surface area contributed by atoms with E-state index in [1.54, 1.807) is 0 Å². The molecule has 0 aromatic rings. The van der Waals surface area contributed by atoms with Crippen molar-refractivity contribution in [2.45, 2.75) is 78.4 Å². The SMILES string of the molecule is CN=C(NCCCN1CCCCC1C)NCC1CCCOC1C(C)(C)C.I. The van der Waals surface area contributed by atoms with Crippen molar-refractivity contribution in [3.8, 4) is 0 Å². The molecule has 6 heteroatoms. The summed E-state index contributed by atoms with van der Waals surface area (Å²) in [5.74, 6) is 1.48. The van der Waals surface area contributed by atoms with Gasteiger partial charge in [0, 0.05) is 45.2 Å². The third-order valence-corrected chi connectivity index (χ3v) is 5.91. The molecule has 2 N–H and O–H groups in total. The Morgan fingerprint density at radius 2 is 1.93 bits per heavy atom. The first-order valence-corrected chi connectivity index (χ1v) is 10.7. The summed E-state index contributed by atoms with van der Waals surface area (Å²) in [5, 5.41) is 7.02. The topological polar surface area (TPSA) is 48.9 Å². The number of aliphatic imine (C=N–C) groups is 1. The fourth-order valence-electron chi connectivity index (χ4n) is 4.44. The van der Waals surface area contributed by atoms with Crippen molar-refractivity contribution in [1.82, 2.24) is 15.5 Å². The fourth-order valence-corrected chi connectivity index (χ4v) is 4.44. The molecule has 0 radical (unpaired) electrons. The number of nitrogens with zero attached hydrogens (tertiary/aromatic N) is 2. The van der Waals surface area contributed by atoms with Crippen molar-refractivity contribution in [2.75, 3.05) is 39.8 Å². The van der Waals surface area contributed by atoms with Crippen LogP contribution in [0.1, 0.15) is 66.2 Å². The molecule has 160 valence electrons. The lowest BCUT2D eigenvalue weighted by molar-refractivity contribution is -0.0835. The average Bonchev–Trinajstić information content (AvgIpc) is 2.62. The minimum atomic E-state index is 0. The van der Waals surface area contributed by atoms with Crippen LogP contribution >= 0.6 is 24.0 Å². The molecule has 2 aliphatic rings. The minimum absolute atomic E-state index is 0. The number of hydrogen-bond donors (Lipinski definition) is 2. The van der Waals surface area contributed by atoms with Crippen LogP contribution in [0.2, 0.25) is 0 Å². The van der Waals surface area contributed by atoms with E-state index in [-0.39, 0.29) is 29.4 Å². The van der Waals surface area contributed by atoms with Crippen LogP contribution in [0.4, 0.5) is 0 Å². The second-order valence-corrected chi connectivity index (χ2v) is 9.17. The molecule has 0 saturated carbocycles. The van der Waals surface area contributed by atoms with E-state index in [1.165, 1.54) is 51.6 Å². The second-order valence-electron chi connectivity index (χ2n) is 9.17. The van der Waals surface area contributed by atoms with Crippen LogP contribution in [0, 0.1) is 11.3 Å². The molecule has 27 heavy (non-hydrogen) atoms. The Morgan fingerprint density at radius 3 is 2.59 bits per heavy atom. The van der Waals surface area contributed by atoms with E-state index in [2.05, 4.69) is 48.2 Å². The van der Waals surface area contributed by atoms with E-state index in [4.69, 9.17) is 4.74 Å².